The molecule has 0 saturated heterocycles. The highest BCUT2D eigenvalue weighted by atomic mass is 19.4. The predicted octanol–water partition coefficient (Wildman–Crippen LogP) is 5.07. The number of esters is 1. The summed E-state index contributed by atoms with van der Waals surface area (Å²) in [6, 6.07) is 13.7. The van der Waals surface area contributed by atoms with Crippen molar-refractivity contribution >= 4 is 12.0 Å². The minimum absolute atomic E-state index is 0.111. The number of ether oxygens (including phenoxy) is 1. The van der Waals surface area contributed by atoms with Gasteiger partial charge in [0.25, 0.3) is 5.89 Å². The minimum Gasteiger partial charge on any atom is -0.449 e. The van der Waals surface area contributed by atoms with E-state index in [2.05, 4.69) is 10.2 Å². The number of carbonyl (C=O) groups is 1. The molecule has 0 aliphatic rings. The Morgan fingerprint density at radius 2 is 1.86 bits per heavy atom. The summed E-state index contributed by atoms with van der Waals surface area (Å²) >= 11 is 0. The van der Waals surface area contributed by atoms with E-state index in [0.717, 1.165) is 23.8 Å². The van der Waals surface area contributed by atoms with E-state index in [-0.39, 0.29) is 17.3 Å². The van der Waals surface area contributed by atoms with Crippen LogP contribution in [0.15, 0.2) is 65.1 Å². The van der Waals surface area contributed by atoms with Crippen molar-refractivity contribution in [2.75, 3.05) is 0 Å². The van der Waals surface area contributed by atoms with E-state index < -0.39 is 23.8 Å². The fourth-order valence-electron chi connectivity index (χ4n) is 2.34. The number of hydrogen-bond acceptors (Lipinski definition) is 5. The maximum absolute atomic E-state index is 12.7. The van der Waals surface area contributed by atoms with Gasteiger partial charge in [-0.3, -0.25) is 0 Å². The van der Waals surface area contributed by atoms with Crippen molar-refractivity contribution in [2.45, 2.75) is 19.2 Å². The zero-order chi connectivity index (χ0) is 20.1. The standard InChI is InChI=1S/C20H15F3N2O3/c1-13(18-24-25-19(28-18)15-7-3-2-4-8-15)27-17(26)11-10-14-6-5-9-16(12-14)20(21,22)23/h2-13H,1H3/b11-10+/t13-/m1/s1. The van der Waals surface area contributed by atoms with Crippen molar-refractivity contribution in [3.63, 3.8) is 0 Å². The number of aromatic nitrogens is 2. The quantitative estimate of drug-likeness (QED) is 0.451. The predicted molar refractivity (Wildman–Crippen MR) is 94.7 cm³/mol. The summed E-state index contributed by atoms with van der Waals surface area (Å²) in [5, 5.41) is 7.77. The third-order valence-electron chi connectivity index (χ3n) is 3.73. The molecular formula is C20H15F3N2O3. The largest absolute Gasteiger partial charge is 0.449 e. The van der Waals surface area contributed by atoms with E-state index in [1.54, 1.807) is 19.1 Å². The molecule has 1 heterocycles. The van der Waals surface area contributed by atoms with Crippen LogP contribution in [0, 0.1) is 0 Å². The lowest BCUT2D eigenvalue weighted by Gasteiger charge is -2.07. The molecule has 1 aromatic heterocycles. The molecular weight excluding hydrogens is 373 g/mol. The van der Waals surface area contributed by atoms with Crippen molar-refractivity contribution in [1.29, 1.82) is 0 Å². The van der Waals surface area contributed by atoms with Crippen molar-refractivity contribution in [3.8, 4) is 11.5 Å². The van der Waals surface area contributed by atoms with Crippen molar-refractivity contribution in [2.24, 2.45) is 0 Å². The van der Waals surface area contributed by atoms with Gasteiger partial charge in [-0.25, -0.2) is 4.79 Å². The van der Waals surface area contributed by atoms with Gasteiger partial charge in [0, 0.05) is 11.6 Å². The molecule has 2 aromatic carbocycles. The maximum atomic E-state index is 12.7. The molecule has 8 heteroatoms. The Labute approximate surface area is 158 Å². The Morgan fingerprint density at radius 1 is 1.11 bits per heavy atom. The van der Waals surface area contributed by atoms with Crippen LogP contribution >= 0.6 is 0 Å². The fraction of sp³-hybridized carbons (Fsp3) is 0.150. The lowest BCUT2D eigenvalue weighted by Crippen LogP contribution is -2.06. The molecule has 1 atom stereocenters. The molecule has 0 radical (unpaired) electrons. The van der Waals surface area contributed by atoms with E-state index in [9.17, 15) is 18.0 Å². The van der Waals surface area contributed by atoms with Crippen LogP contribution < -0.4 is 0 Å². The molecule has 0 fully saturated rings. The van der Waals surface area contributed by atoms with E-state index in [1.165, 1.54) is 18.2 Å². The highest BCUT2D eigenvalue weighted by molar-refractivity contribution is 5.87. The Hall–Kier alpha value is -3.42. The van der Waals surface area contributed by atoms with Gasteiger partial charge in [-0.05, 0) is 42.8 Å². The number of hydrogen-bond donors (Lipinski definition) is 0. The molecule has 5 nitrogen and oxygen atoms in total. The molecule has 0 N–H and O–H groups in total. The van der Waals surface area contributed by atoms with Crippen LogP contribution in [0.1, 0.15) is 30.0 Å². The third kappa shape index (κ3) is 4.85. The Morgan fingerprint density at radius 3 is 2.57 bits per heavy atom. The Bertz CT molecular complexity index is 982. The first-order valence-electron chi connectivity index (χ1n) is 8.28. The van der Waals surface area contributed by atoms with Gasteiger partial charge in [0.2, 0.25) is 5.89 Å². The van der Waals surface area contributed by atoms with E-state index in [1.807, 2.05) is 18.2 Å². The molecule has 0 saturated carbocycles. The summed E-state index contributed by atoms with van der Waals surface area (Å²) in [5.74, 6) is -0.345. The summed E-state index contributed by atoms with van der Waals surface area (Å²) in [5.41, 5.74) is 0.156. The summed E-state index contributed by atoms with van der Waals surface area (Å²) < 4.78 is 48.8. The van der Waals surface area contributed by atoms with Gasteiger partial charge in [0.15, 0.2) is 6.10 Å². The smallest absolute Gasteiger partial charge is 0.416 e. The maximum Gasteiger partial charge on any atom is 0.416 e. The summed E-state index contributed by atoms with van der Waals surface area (Å²) in [4.78, 5) is 11.9. The van der Waals surface area contributed by atoms with E-state index in [4.69, 9.17) is 9.15 Å². The topological polar surface area (TPSA) is 65.2 Å². The van der Waals surface area contributed by atoms with Crippen molar-refractivity contribution < 1.29 is 27.1 Å². The summed E-state index contributed by atoms with van der Waals surface area (Å²) in [6.07, 6.45) is -2.98. The molecule has 28 heavy (non-hydrogen) atoms. The summed E-state index contributed by atoms with van der Waals surface area (Å²) in [7, 11) is 0. The monoisotopic (exact) mass is 388 g/mol. The van der Waals surface area contributed by atoms with Gasteiger partial charge in [-0.2, -0.15) is 13.2 Å². The number of nitrogens with zero attached hydrogens (tertiary/aromatic N) is 2. The lowest BCUT2D eigenvalue weighted by atomic mass is 10.1. The Balaban J connectivity index is 1.63. The molecule has 0 bridgehead atoms. The highest BCUT2D eigenvalue weighted by Crippen LogP contribution is 2.29. The average Bonchev–Trinajstić information content (AvgIpc) is 3.17. The van der Waals surface area contributed by atoms with Crippen LogP contribution in [-0.4, -0.2) is 16.2 Å². The second-order valence-electron chi connectivity index (χ2n) is 5.85. The van der Waals surface area contributed by atoms with Crippen LogP contribution in [0.4, 0.5) is 13.2 Å². The first kappa shape index (κ1) is 19.3. The number of benzene rings is 2. The van der Waals surface area contributed by atoms with E-state index >= 15 is 0 Å². The van der Waals surface area contributed by atoms with Crippen molar-refractivity contribution in [1.82, 2.24) is 10.2 Å². The fourth-order valence-corrected chi connectivity index (χ4v) is 2.34. The minimum atomic E-state index is -4.45. The van der Waals surface area contributed by atoms with E-state index in [0.29, 0.717) is 0 Å². The first-order chi connectivity index (χ1) is 13.3. The lowest BCUT2D eigenvalue weighted by molar-refractivity contribution is -0.143. The number of halogens is 3. The SMILES string of the molecule is C[C@@H](OC(=O)/C=C/c1cccc(C(F)(F)F)c1)c1nnc(-c2ccccc2)o1. The third-order valence-corrected chi connectivity index (χ3v) is 3.73. The molecule has 0 unspecified atom stereocenters. The molecule has 144 valence electrons. The summed E-state index contributed by atoms with van der Waals surface area (Å²) in [6.45, 7) is 1.55. The number of alkyl halides is 3. The van der Waals surface area contributed by atoms with Crippen LogP contribution in [-0.2, 0) is 15.7 Å². The van der Waals surface area contributed by atoms with Gasteiger partial charge in [0.1, 0.15) is 0 Å². The zero-order valence-corrected chi connectivity index (χ0v) is 14.7. The molecule has 0 aliphatic heterocycles. The van der Waals surface area contributed by atoms with Crippen LogP contribution in [0.2, 0.25) is 0 Å². The average molecular weight is 388 g/mol. The van der Waals surface area contributed by atoms with Gasteiger partial charge < -0.3 is 9.15 Å². The van der Waals surface area contributed by atoms with Crippen LogP contribution in [0.5, 0.6) is 0 Å². The Kier molecular flexibility index (Phi) is 5.58. The number of rotatable bonds is 5. The zero-order valence-electron chi connectivity index (χ0n) is 14.7. The molecule has 0 aliphatic carbocycles. The molecule has 0 amide bonds. The van der Waals surface area contributed by atoms with Gasteiger partial charge >= 0.3 is 12.1 Å². The highest BCUT2D eigenvalue weighted by Gasteiger charge is 2.30. The molecule has 3 rings (SSSR count). The van der Waals surface area contributed by atoms with Gasteiger partial charge in [-0.1, -0.05) is 30.3 Å². The second kappa shape index (κ2) is 8.08. The molecule has 3 aromatic rings. The number of carbonyl (C=O) groups excluding carboxylic acids is 1. The first-order valence-corrected chi connectivity index (χ1v) is 8.28. The normalized spacial score (nSPS) is 12.9. The van der Waals surface area contributed by atoms with Crippen LogP contribution in [0.3, 0.4) is 0 Å². The van der Waals surface area contributed by atoms with Crippen LogP contribution in [0.25, 0.3) is 17.5 Å². The van der Waals surface area contributed by atoms with Gasteiger partial charge in [-0.15, -0.1) is 10.2 Å². The second-order valence-corrected chi connectivity index (χ2v) is 5.85. The molecule has 0 spiro atoms. The van der Waals surface area contributed by atoms with Crippen molar-refractivity contribution in [3.05, 3.63) is 77.7 Å². The van der Waals surface area contributed by atoms with Gasteiger partial charge in [0.05, 0.1) is 5.56 Å².